The molecule has 2 aromatic rings. The van der Waals surface area contributed by atoms with Crippen LogP contribution in [0.5, 0.6) is 5.75 Å². The zero-order chi connectivity index (χ0) is 13.8. The zero-order valence-corrected chi connectivity index (χ0v) is 12.7. The highest BCUT2D eigenvalue weighted by Gasteiger charge is 2.09. The average molecular weight is 273 g/mol. The highest BCUT2D eigenvalue weighted by molar-refractivity contribution is 7.98. The van der Waals surface area contributed by atoms with Crippen molar-refractivity contribution in [3.63, 3.8) is 0 Å². The van der Waals surface area contributed by atoms with Gasteiger partial charge in [-0.05, 0) is 32.9 Å². The number of benzene rings is 1. The van der Waals surface area contributed by atoms with Crippen molar-refractivity contribution in [2.45, 2.75) is 31.4 Å². The molecule has 0 spiro atoms. The number of aromatic nitrogens is 1. The van der Waals surface area contributed by atoms with Gasteiger partial charge in [-0.15, -0.1) is 11.8 Å². The first-order valence-electron chi connectivity index (χ1n) is 6.30. The van der Waals surface area contributed by atoms with Gasteiger partial charge >= 0.3 is 0 Å². The summed E-state index contributed by atoms with van der Waals surface area (Å²) in [5.74, 6) is 1.82. The lowest BCUT2D eigenvalue weighted by molar-refractivity contribution is 0.407. The zero-order valence-electron chi connectivity index (χ0n) is 11.9. The minimum atomic E-state index is 0.867. The molecule has 2 nitrogen and oxygen atoms in total. The maximum atomic E-state index is 5.44. The van der Waals surface area contributed by atoms with Crippen LogP contribution in [0.4, 0.5) is 0 Å². The summed E-state index contributed by atoms with van der Waals surface area (Å²) in [6.45, 7) is 6.21. The number of hydrogen-bond donors (Lipinski definition) is 0. The summed E-state index contributed by atoms with van der Waals surface area (Å²) < 4.78 is 5.44. The van der Waals surface area contributed by atoms with E-state index in [0.29, 0.717) is 0 Å². The number of ether oxygens (including phenoxy) is 1. The largest absolute Gasteiger partial charge is 0.496 e. The van der Waals surface area contributed by atoms with Crippen LogP contribution in [0.25, 0.3) is 0 Å². The Kier molecular flexibility index (Phi) is 4.48. The third kappa shape index (κ3) is 3.29. The predicted octanol–water partition coefficient (Wildman–Crippen LogP) is 4.31. The Hall–Kier alpha value is -1.48. The van der Waals surface area contributed by atoms with E-state index in [1.807, 2.05) is 24.9 Å². The van der Waals surface area contributed by atoms with E-state index in [0.717, 1.165) is 28.3 Å². The molecular formula is C16H19NOS. The van der Waals surface area contributed by atoms with Crippen molar-refractivity contribution in [1.82, 2.24) is 4.98 Å². The molecule has 0 aliphatic carbocycles. The summed E-state index contributed by atoms with van der Waals surface area (Å²) >= 11 is 1.81. The molecule has 0 unspecified atom stereocenters. The van der Waals surface area contributed by atoms with Gasteiger partial charge in [0.25, 0.3) is 0 Å². The molecule has 2 rings (SSSR count). The number of nitrogens with zero attached hydrogens (tertiary/aromatic N) is 1. The van der Waals surface area contributed by atoms with Crippen LogP contribution in [-0.2, 0) is 5.75 Å². The molecule has 0 amide bonds. The Morgan fingerprint density at radius 1 is 1.21 bits per heavy atom. The number of pyridine rings is 1. The Morgan fingerprint density at radius 2 is 2.00 bits per heavy atom. The van der Waals surface area contributed by atoms with E-state index >= 15 is 0 Å². The number of aryl methyl sites for hydroxylation is 2. The molecule has 0 fully saturated rings. The van der Waals surface area contributed by atoms with Gasteiger partial charge in [-0.1, -0.05) is 17.7 Å². The second-order valence-corrected chi connectivity index (χ2v) is 5.70. The summed E-state index contributed by atoms with van der Waals surface area (Å²) in [5.41, 5.74) is 4.61. The van der Waals surface area contributed by atoms with Crippen molar-refractivity contribution < 1.29 is 4.74 Å². The molecule has 3 heteroatoms. The second kappa shape index (κ2) is 6.11. The summed E-state index contributed by atoms with van der Waals surface area (Å²) in [5, 5.41) is 0. The lowest BCUT2D eigenvalue weighted by Crippen LogP contribution is -1.98. The van der Waals surface area contributed by atoms with Crippen molar-refractivity contribution in [2.24, 2.45) is 0 Å². The maximum Gasteiger partial charge on any atom is 0.128 e. The van der Waals surface area contributed by atoms with Crippen molar-refractivity contribution >= 4 is 11.8 Å². The molecule has 1 aromatic heterocycles. The van der Waals surface area contributed by atoms with Gasteiger partial charge in [0, 0.05) is 28.0 Å². The van der Waals surface area contributed by atoms with Crippen LogP contribution in [0.15, 0.2) is 35.4 Å². The molecule has 0 saturated heterocycles. The molecule has 19 heavy (non-hydrogen) atoms. The predicted molar refractivity (Wildman–Crippen MR) is 81.0 cm³/mol. The van der Waals surface area contributed by atoms with Gasteiger partial charge in [-0.25, -0.2) is 0 Å². The third-order valence-electron chi connectivity index (χ3n) is 3.11. The number of methoxy groups -OCH3 is 1. The minimum absolute atomic E-state index is 0.867. The fourth-order valence-corrected chi connectivity index (χ4v) is 3.11. The standard InChI is InChI=1S/C16H19NOS/c1-11-6-5-7-14(8-11)19-10-15-13(3)16(18-4)12(2)9-17-15/h5-9H,10H2,1-4H3. The molecule has 0 radical (unpaired) electrons. The van der Waals surface area contributed by atoms with Crippen molar-refractivity contribution in [3.05, 3.63) is 52.8 Å². The van der Waals surface area contributed by atoms with E-state index in [9.17, 15) is 0 Å². The third-order valence-corrected chi connectivity index (χ3v) is 4.12. The topological polar surface area (TPSA) is 22.1 Å². The lowest BCUT2D eigenvalue weighted by Gasteiger charge is -2.12. The Morgan fingerprint density at radius 3 is 2.68 bits per heavy atom. The molecule has 0 aliphatic rings. The van der Waals surface area contributed by atoms with Gasteiger partial charge in [0.2, 0.25) is 0 Å². The van der Waals surface area contributed by atoms with Crippen LogP contribution in [0.1, 0.15) is 22.4 Å². The van der Waals surface area contributed by atoms with E-state index in [1.54, 1.807) is 7.11 Å². The highest BCUT2D eigenvalue weighted by Crippen LogP contribution is 2.29. The molecule has 1 aromatic carbocycles. The molecular weight excluding hydrogens is 254 g/mol. The van der Waals surface area contributed by atoms with Crippen molar-refractivity contribution in [1.29, 1.82) is 0 Å². The average Bonchev–Trinajstić information content (AvgIpc) is 2.38. The molecule has 0 aliphatic heterocycles. The summed E-state index contributed by atoms with van der Waals surface area (Å²) in [4.78, 5) is 5.80. The summed E-state index contributed by atoms with van der Waals surface area (Å²) in [6.07, 6.45) is 1.89. The molecule has 0 bridgehead atoms. The molecule has 0 saturated carbocycles. The Balaban J connectivity index is 2.16. The number of hydrogen-bond acceptors (Lipinski definition) is 3. The fourth-order valence-electron chi connectivity index (χ4n) is 2.07. The number of thioether (sulfide) groups is 1. The summed E-state index contributed by atoms with van der Waals surface area (Å²) in [6, 6.07) is 8.54. The quantitative estimate of drug-likeness (QED) is 0.775. The van der Waals surface area contributed by atoms with Crippen LogP contribution in [0.3, 0.4) is 0 Å². The van der Waals surface area contributed by atoms with Crippen molar-refractivity contribution in [3.8, 4) is 5.75 Å². The Labute approximate surface area is 119 Å². The first-order chi connectivity index (χ1) is 9.11. The van der Waals surface area contributed by atoms with E-state index in [4.69, 9.17) is 4.74 Å². The minimum Gasteiger partial charge on any atom is -0.496 e. The van der Waals surface area contributed by atoms with Crippen LogP contribution >= 0.6 is 11.8 Å². The lowest BCUT2D eigenvalue weighted by atomic mass is 10.1. The van der Waals surface area contributed by atoms with Gasteiger partial charge in [-0.3, -0.25) is 4.98 Å². The normalized spacial score (nSPS) is 10.5. The van der Waals surface area contributed by atoms with Gasteiger partial charge < -0.3 is 4.74 Å². The van der Waals surface area contributed by atoms with Crippen LogP contribution in [0.2, 0.25) is 0 Å². The first-order valence-corrected chi connectivity index (χ1v) is 7.29. The first kappa shape index (κ1) is 13.9. The second-order valence-electron chi connectivity index (χ2n) is 4.65. The number of rotatable bonds is 4. The Bertz CT molecular complexity index is 581. The van der Waals surface area contributed by atoms with Crippen LogP contribution < -0.4 is 4.74 Å². The van der Waals surface area contributed by atoms with Crippen LogP contribution in [-0.4, -0.2) is 12.1 Å². The summed E-state index contributed by atoms with van der Waals surface area (Å²) in [7, 11) is 1.72. The molecule has 100 valence electrons. The molecule has 0 atom stereocenters. The SMILES string of the molecule is COc1c(C)cnc(CSc2cccc(C)c2)c1C. The van der Waals surface area contributed by atoms with E-state index in [2.05, 4.69) is 43.1 Å². The molecule has 1 heterocycles. The van der Waals surface area contributed by atoms with Gasteiger partial charge in [0.15, 0.2) is 0 Å². The van der Waals surface area contributed by atoms with Gasteiger partial charge in [-0.2, -0.15) is 0 Å². The van der Waals surface area contributed by atoms with E-state index in [-0.39, 0.29) is 0 Å². The van der Waals surface area contributed by atoms with E-state index < -0.39 is 0 Å². The smallest absolute Gasteiger partial charge is 0.128 e. The maximum absolute atomic E-state index is 5.44. The fraction of sp³-hybridized carbons (Fsp3) is 0.312. The van der Waals surface area contributed by atoms with Gasteiger partial charge in [0.1, 0.15) is 5.75 Å². The van der Waals surface area contributed by atoms with Gasteiger partial charge in [0.05, 0.1) is 12.8 Å². The van der Waals surface area contributed by atoms with E-state index in [1.165, 1.54) is 10.5 Å². The monoisotopic (exact) mass is 273 g/mol. The van der Waals surface area contributed by atoms with Crippen molar-refractivity contribution in [2.75, 3.05) is 7.11 Å². The molecule has 0 N–H and O–H groups in total. The van der Waals surface area contributed by atoms with Crippen LogP contribution in [0, 0.1) is 20.8 Å². The highest BCUT2D eigenvalue weighted by atomic mass is 32.2.